The molecule has 0 spiro atoms. The van der Waals surface area contributed by atoms with E-state index in [2.05, 4.69) is 13.8 Å². The molecule has 0 bridgehead atoms. The van der Waals surface area contributed by atoms with Crippen molar-refractivity contribution in [1.82, 2.24) is 0 Å². The minimum absolute atomic E-state index is 0.759. The van der Waals surface area contributed by atoms with Crippen LogP contribution in [0.4, 0.5) is 0 Å². The van der Waals surface area contributed by atoms with Crippen LogP contribution < -0.4 is 0 Å². The third-order valence-corrected chi connectivity index (χ3v) is 2.50. The SMILES string of the molecule is CCCCCCCOOCCCCCC. The van der Waals surface area contributed by atoms with Crippen molar-refractivity contribution in [3.8, 4) is 0 Å². The molecule has 0 radical (unpaired) electrons. The fourth-order valence-corrected chi connectivity index (χ4v) is 1.47. The van der Waals surface area contributed by atoms with E-state index >= 15 is 0 Å². The van der Waals surface area contributed by atoms with Crippen LogP contribution >= 0.6 is 0 Å². The van der Waals surface area contributed by atoms with Gasteiger partial charge in [-0.2, -0.15) is 0 Å². The van der Waals surface area contributed by atoms with E-state index in [4.69, 9.17) is 9.78 Å². The molecule has 2 heteroatoms. The molecule has 2 nitrogen and oxygen atoms in total. The number of hydrogen-bond donors (Lipinski definition) is 0. The van der Waals surface area contributed by atoms with Crippen molar-refractivity contribution < 1.29 is 9.78 Å². The molecule has 0 amide bonds. The van der Waals surface area contributed by atoms with E-state index in [0.717, 1.165) is 26.1 Å². The molecule has 0 aromatic rings. The Balaban J connectivity index is 2.81. The summed E-state index contributed by atoms with van der Waals surface area (Å²) >= 11 is 0. The first-order chi connectivity index (χ1) is 7.41. The number of hydrogen-bond acceptors (Lipinski definition) is 2. The first-order valence-electron chi connectivity index (χ1n) is 6.66. The van der Waals surface area contributed by atoms with E-state index in [0.29, 0.717) is 0 Å². The molecular formula is C13H28O2. The van der Waals surface area contributed by atoms with Gasteiger partial charge in [0.05, 0.1) is 13.2 Å². The fourth-order valence-electron chi connectivity index (χ4n) is 1.47. The lowest BCUT2D eigenvalue weighted by Gasteiger charge is -2.03. The van der Waals surface area contributed by atoms with E-state index in [9.17, 15) is 0 Å². The second-order valence-corrected chi connectivity index (χ2v) is 4.12. The van der Waals surface area contributed by atoms with Crippen LogP contribution in [0.25, 0.3) is 0 Å². The van der Waals surface area contributed by atoms with Gasteiger partial charge in [0.15, 0.2) is 0 Å². The van der Waals surface area contributed by atoms with Gasteiger partial charge in [-0.25, -0.2) is 9.78 Å². The zero-order chi connectivity index (χ0) is 11.2. The largest absolute Gasteiger partial charge is 0.237 e. The Morgan fingerprint density at radius 1 is 0.533 bits per heavy atom. The van der Waals surface area contributed by atoms with Gasteiger partial charge in [0.1, 0.15) is 0 Å². The molecular weight excluding hydrogens is 188 g/mol. The van der Waals surface area contributed by atoms with Gasteiger partial charge in [0, 0.05) is 0 Å². The van der Waals surface area contributed by atoms with Gasteiger partial charge in [-0.05, 0) is 12.8 Å². The van der Waals surface area contributed by atoms with Crippen LogP contribution in [0.15, 0.2) is 0 Å². The molecule has 0 aromatic carbocycles. The van der Waals surface area contributed by atoms with Crippen LogP contribution in [0.1, 0.15) is 71.6 Å². The van der Waals surface area contributed by atoms with Crippen molar-refractivity contribution in [2.24, 2.45) is 0 Å². The van der Waals surface area contributed by atoms with Gasteiger partial charge < -0.3 is 0 Å². The van der Waals surface area contributed by atoms with Crippen molar-refractivity contribution in [3.63, 3.8) is 0 Å². The maximum absolute atomic E-state index is 5.09. The molecule has 0 saturated carbocycles. The van der Waals surface area contributed by atoms with Crippen LogP contribution in [0.2, 0.25) is 0 Å². The normalized spacial score (nSPS) is 10.8. The lowest BCUT2D eigenvalue weighted by atomic mass is 10.2. The van der Waals surface area contributed by atoms with Gasteiger partial charge in [0.2, 0.25) is 0 Å². The molecule has 0 unspecified atom stereocenters. The molecule has 15 heavy (non-hydrogen) atoms. The maximum atomic E-state index is 5.09. The van der Waals surface area contributed by atoms with E-state index in [1.54, 1.807) is 0 Å². The smallest absolute Gasteiger partial charge is 0.0822 e. The van der Waals surface area contributed by atoms with E-state index in [1.165, 1.54) is 44.9 Å². The van der Waals surface area contributed by atoms with Crippen molar-refractivity contribution in [2.75, 3.05) is 13.2 Å². The van der Waals surface area contributed by atoms with E-state index in [1.807, 2.05) is 0 Å². The number of rotatable bonds is 12. The summed E-state index contributed by atoms with van der Waals surface area (Å²) in [6.45, 7) is 5.97. The predicted octanol–water partition coefficient (Wildman–Crippen LogP) is 4.49. The molecule has 0 fully saturated rings. The molecule has 0 saturated heterocycles. The van der Waals surface area contributed by atoms with Crippen molar-refractivity contribution in [1.29, 1.82) is 0 Å². The van der Waals surface area contributed by atoms with Crippen LogP contribution in [0, 0.1) is 0 Å². The minimum atomic E-state index is 0.759. The Kier molecular flexibility index (Phi) is 13.8. The van der Waals surface area contributed by atoms with Gasteiger partial charge in [-0.3, -0.25) is 0 Å². The summed E-state index contributed by atoms with van der Waals surface area (Å²) in [5.74, 6) is 0. The molecule has 0 aliphatic heterocycles. The zero-order valence-corrected chi connectivity index (χ0v) is 10.6. The summed E-state index contributed by atoms with van der Waals surface area (Å²) in [6, 6.07) is 0. The number of unbranched alkanes of at least 4 members (excludes halogenated alkanes) is 7. The second-order valence-electron chi connectivity index (χ2n) is 4.12. The quantitative estimate of drug-likeness (QED) is 0.272. The molecule has 0 rings (SSSR count). The second kappa shape index (κ2) is 13.9. The third-order valence-electron chi connectivity index (χ3n) is 2.50. The first kappa shape index (κ1) is 14.9. The van der Waals surface area contributed by atoms with Gasteiger partial charge >= 0.3 is 0 Å². The van der Waals surface area contributed by atoms with E-state index < -0.39 is 0 Å². The Morgan fingerprint density at radius 2 is 0.933 bits per heavy atom. The Bertz CT molecular complexity index is 92.7. The van der Waals surface area contributed by atoms with Crippen LogP contribution in [-0.2, 0) is 9.78 Å². The summed E-state index contributed by atoms with van der Waals surface area (Å²) in [4.78, 5) is 10.2. The highest BCUT2D eigenvalue weighted by Gasteiger charge is 1.92. The minimum Gasteiger partial charge on any atom is -0.237 e. The van der Waals surface area contributed by atoms with Crippen LogP contribution in [-0.4, -0.2) is 13.2 Å². The predicted molar refractivity (Wildman–Crippen MR) is 64.8 cm³/mol. The molecule has 0 N–H and O–H groups in total. The van der Waals surface area contributed by atoms with Crippen LogP contribution in [0.5, 0.6) is 0 Å². The van der Waals surface area contributed by atoms with E-state index in [-0.39, 0.29) is 0 Å². The summed E-state index contributed by atoms with van der Waals surface area (Å²) in [5, 5.41) is 0. The molecule has 0 atom stereocenters. The van der Waals surface area contributed by atoms with Gasteiger partial charge in [-0.1, -0.05) is 58.8 Å². The topological polar surface area (TPSA) is 18.5 Å². The summed E-state index contributed by atoms with van der Waals surface area (Å²) in [5.41, 5.74) is 0. The van der Waals surface area contributed by atoms with Gasteiger partial charge in [0.25, 0.3) is 0 Å². The van der Waals surface area contributed by atoms with Gasteiger partial charge in [-0.15, -0.1) is 0 Å². The molecule has 0 heterocycles. The Labute approximate surface area is 95.3 Å². The molecule has 0 aliphatic carbocycles. The summed E-state index contributed by atoms with van der Waals surface area (Å²) in [6.07, 6.45) is 11.4. The average molecular weight is 216 g/mol. The van der Waals surface area contributed by atoms with Crippen molar-refractivity contribution >= 4 is 0 Å². The molecule has 92 valence electrons. The zero-order valence-electron chi connectivity index (χ0n) is 10.6. The first-order valence-corrected chi connectivity index (χ1v) is 6.66. The monoisotopic (exact) mass is 216 g/mol. The fraction of sp³-hybridized carbons (Fsp3) is 1.00. The highest BCUT2D eigenvalue weighted by Crippen LogP contribution is 2.03. The summed E-state index contributed by atoms with van der Waals surface area (Å²) < 4.78 is 0. The lowest BCUT2D eigenvalue weighted by Crippen LogP contribution is -1.98. The molecule has 0 aliphatic rings. The average Bonchev–Trinajstić information content (AvgIpc) is 2.26. The lowest BCUT2D eigenvalue weighted by molar-refractivity contribution is -0.295. The summed E-state index contributed by atoms with van der Waals surface area (Å²) in [7, 11) is 0. The molecule has 0 aromatic heterocycles. The standard InChI is InChI=1S/C13H28O2/c1-3-5-7-9-11-13-15-14-12-10-8-6-4-2/h3-13H2,1-2H3. The third kappa shape index (κ3) is 13.9. The maximum Gasteiger partial charge on any atom is 0.0822 e. The highest BCUT2D eigenvalue weighted by atomic mass is 17.2. The van der Waals surface area contributed by atoms with Crippen molar-refractivity contribution in [3.05, 3.63) is 0 Å². The van der Waals surface area contributed by atoms with Crippen LogP contribution in [0.3, 0.4) is 0 Å². The highest BCUT2D eigenvalue weighted by molar-refractivity contribution is 4.40. The Hall–Kier alpha value is -0.0800. The van der Waals surface area contributed by atoms with Crippen molar-refractivity contribution in [2.45, 2.75) is 71.6 Å². The Morgan fingerprint density at radius 3 is 1.40 bits per heavy atom.